The predicted molar refractivity (Wildman–Crippen MR) is 65.6 cm³/mol. The number of halogens is 1. The number of aryl methyl sites for hydroxylation is 1. The van der Waals surface area contributed by atoms with E-state index < -0.39 is 0 Å². The van der Waals surface area contributed by atoms with Crippen molar-refractivity contribution in [3.8, 4) is 11.4 Å². The molecule has 0 bridgehead atoms. The van der Waals surface area contributed by atoms with Crippen molar-refractivity contribution in [2.45, 2.75) is 20.8 Å². The second kappa shape index (κ2) is 5.66. The lowest BCUT2D eigenvalue weighted by Gasteiger charge is -2.00. The molecule has 0 aliphatic rings. The predicted octanol–water partition coefficient (Wildman–Crippen LogP) is 3.57. The first-order valence-corrected chi connectivity index (χ1v) is 5.68. The van der Waals surface area contributed by atoms with Crippen LogP contribution in [0, 0.1) is 6.92 Å². The van der Waals surface area contributed by atoms with E-state index in [1.54, 1.807) is 0 Å². The lowest BCUT2D eigenvalue weighted by molar-refractivity contribution is 1.09. The number of hydrogen-bond donors (Lipinski definition) is 1. The minimum Gasteiger partial charge on any atom is -0.259 e. The van der Waals surface area contributed by atoms with Gasteiger partial charge >= 0.3 is 0 Å². The molecule has 1 N–H and O–H groups in total. The molecule has 0 saturated heterocycles. The number of H-pyrrole nitrogens is 1. The van der Waals surface area contributed by atoms with Crippen LogP contribution in [0.5, 0.6) is 0 Å². The quantitative estimate of drug-likeness (QED) is 0.859. The van der Waals surface area contributed by atoms with Gasteiger partial charge in [-0.2, -0.15) is 5.10 Å². The van der Waals surface area contributed by atoms with Crippen molar-refractivity contribution >= 4 is 15.9 Å². The van der Waals surface area contributed by atoms with Crippen LogP contribution in [0.25, 0.3) is 11.4 Å². The highest BCUT2D eigenvalue weighted by molar-refractivity contribution is 9.10. The molecule has 0 amide bonds. The normalized spacial score (nSPS) is 9.33. The van der Waals surface area contributed by atoms with E-state index in [1.165, 1.54) is 11.9 Å². The summed E-state index contributed by atoms with van der Waals surface area (Å²) in [6.07, 6.45) is 1.50. The number of hydrogen-bond acceptors (Lipinski definition) is 2. The fraction of sp³-hybridized carbons (Fsp3) is 0.273. The summed E-state index contributed by atoms with van der Waals surface area (Å²) < 4.78 is 1.08. The smallest absolute Gasteiger partial charge is 0.155 e. The van der Waals surface area contributed by atoms with Crippen LogP contribution in [0.4, 0.5) is 0 Å². The SMILES string of the molecule is CC.Cc1ccc(-c2ncn[nH]2)cc1Br. The van der Waals surface area contributed by atoms with Gasteiger partial charge in [-0.3, -0.25) is 5.10 Å². The third-order valence-corrected chi connectivity index (χ3v) is 2.71. The summed E-state index contributed by atoms with van der Waals surface area (Å²) in [6, 6.07) is 6.08. The topological polar surface area (TPSA) is 41.6 Å². The molecule has 15 heavy (non-hydrogen) atoms. The molecule has 2 rings (SSSR count). The second-order valence-electron chi connectivity index (χ2n) is 2.80. The minimum atomic E-state index is 0.792. The van der Waals surface area contributed by atoms with E-state index in [0.29, 0.717) is 0 Å². The van der Waals surface area contributed by atoms with Gasteiger partial charge in [0.05, 0.1) is 0 Å². The molecule has 0 saturated carbocycles. The van der Waals surface area contributed by atoms with Gasteiger partial charge in [-0.25, -0.2) is 4.98 Å². The summed E-state index contributed by atoms with van der Waals surface area (Å²) in [4.78, 5) is 4.07. The van der Waals surface area contributed by atoms with Crippen LogP contribution in [-0.2, 0) is 0 Å². The molecule has 0 aliphatic carbocycles. The molecule has 0 spiro atoms. The first-order valence-electron chi connectivity index (χ1n) is 4.89. The summed E-state index contributed by atoms with van der Waals surface area (Å²) in [5, 5.41) is 6.62. The van der Waals surface area contributed by atoms with Gasteiger partial charge in [-0.05, 0) is 18.6 Å². The fourth-order valence-electron chi connectivity index (χ4n) is 1.08. The standard InChI is InChI=1S/C9H8BrN3.C2H6/c1-6-2-3-7(4-8(6)10)9-11-5-12-13-9;1-2/h2-5H,1H3,(H,11,12,13);1-2H3. The van der Waals surface area contributed by atoms with Gasteiger partial charge in [0.2, 0.25) is 0 Å². The Bertz CT molecular complexity index is 410. The van der Waals surface area contributed by atoms with Gasteiger partial charge in [0.1, 0.15) is 6.33 Å². The lowest BCUT2D eigenvalue weighted by Crippen LogP contribution is -1.82. The number of benzene rings is 1. The molecular formula is C11H14BrN3. The highest BCUT2D eigenvalue weighted by Crippen LogP contribution is 2.22. The van der Waals surface area contributed by atoms with Crippen LogP contribution in [0.2, 0.25) is 0 Å². The summed E-state index contributed by atoms with van der Waals surface area (Å²) >= 11 is 3.47. The van der Waals surface area contributed by atoms with Gasteiger partial charge in [0.15, 0.2) is 5.82 Å². The van der Waals surface area contributed by atoms with Gasteiger partial charge in [-0.15, -0.1) is 0 Å². The Morgan fingerprint density at radius 2 is 2.00 bits per heavy atom. The Balaban J connectivity index is 0.000000531. The van der Waals surface area contributed by atoms with Crippen molar-refractivity contribution in [1.82, 2.24) is 15.2 Å². The molecule has 3 nitrogen and oxygen atoms in total. The first kappa shape index (κ1) is 11.9. The van der Waals surface area contributed by atoms with E-state index in [1.807, 2.05) is 39.0 Å². The first-order chi connectivity index (χ1) is 7.27. The van der Waals surface area contributed by atoms with Crippen LogP contribution in [0.1, 0.15) is 19.4 Å². The number of aromatic nitrogens is 3. The van der Waals surface area contributed by atoms with Crippen molar-refractivity contribution in [3.63, 3.8) is 0 Å². The third kappa shape index (κ3) is 2.89. The molecule has 80 valence electrons. The van der Waals surface area contributed by atoms with Crippen LogP contribution in [0.3, 0.4) is 0 Å². The van der Waals surface area contributed by atoms with Crippen molar-refractivity contribution in [3.05, 3.63) is 34.6 Å². The Morgan fingerprint density at radius 1 is 1.27 bits per heavy atom. The number of rotatable bonds is 1. The zero-order valence-corrected chi connectivity index (χ0v) is 10.7. The molecular weight excluding hydrogens is 254 g/mol. The molecule has 0 aliphatic heterocycles. The minimum absolute atomic E-state index is 0.792. The number of aromatic amines is 1. The summed E-state index contributed by atoms with van der Waals surface area (Å²) in [6.45, 7) is 6.05. The molecule has 2 aromatic rings. The summed E-state index contributed by atoms with van der Waals surface area (Å²) in [5.74, 6) is 0.792. The monoisotopic (exact) mass is 267 g/mol. The van der Waals surface area contributed by atoms with Gasteiger partial charge < -0.3 is 0 Å². The summed E-state index contributed by atoms with van der Waals surface area (Å²) in [5.41, 5.74) is 2.25. The molecule has 0 atom stereocenters. The van der Waals surface area contributed by atoms with E-state index in [-0.39, 0.29) is 0 Å². The Hall–Kier alpha value is -1.16. The molecule has 1 aromatic carbocycles. The van der Waals surface area contributed by atoms with Crippen LogP contribution < -0.4 is 0 Å². The Morgan fingerprint density at radius 3 is 2.53 bits per heavy atom. The maximum atomic E-state index is 4.07. The van der Waals surface area contributed by atoms with Gasteiger partial charge in [-0.1, -0.05) is 41.9 Å². The zero-order chi connectivity index (χ0) is 11.3. The van der Waals surface area contributed by atoms with E-state index in [4.69, 9.17) is 0 Å². The zero-order valence-electron chi connectivity index (χ0n) is 9.08. The van der Waals surface area contributed by atoms with Crippen molar-refractivity contribution in [1.29, 1.82) is 0 Å². The van der Waals surface area contributed by atoms with Crippen molar-refractivity contribution in [2.24, 2.45) is 0 Å². The van der Waals surface area contributed by atoms with Crippen molar-refractivity contribution < 1.29 is 0 Å². The van der Waals surface area contributed by atoms with E-state index in [0.717, 1.165) is 15.9 Å². The summed E-state index contributed by atoms with van der Waals surface area (Å²) in [7, 11) is 0. The highest BCUT2D eigenvalue weighted by Gasteiger charge is 2.01. The average Bonchev–Trinajstić information content (AvgIpc) is 2.78. The molecule has 4 heteroatoms. The van der Waals surface area contributed by atoms with Crippen LogP contribution >= 0.6 is 15.9 Å². The molecule has 0 fully saturated rings. The molecule has 0 radical (unpaired) electrons. The van der Waals surface area contributed by atoms with E-state index in [9.17, 15) is 0 Å². The fourth-order valence-corrected chi connectivity index (χ4v) is 1.46. The van der Waals surface area contributed by atoms with Crippen LogP contribution in [-0.4, -0.2) is 15.2 Å². The Labute approximate surface area is 98.1 Å². The number of nitrogens with one attached hydrogen (secondary N) is 1. The van der Waals surface area contributed by atoms with E-state index in [2.05, 4.69) is 31.1 Å². The average molecular weight is 268 g/mol. The van der Waals surface area contributed by atoms with Crippen LogP contribution in [0.15, 0.2) is 29.0 Å². The highest BCUT2D eigenvalue weighted by atomic mass is 79.9. The van der Waals surface area contributed by atoms with Gasteiger partial charge in [0.25, 0.3) is 0 Å². The second-order valence-corrected chi connectivity index (χ2v) is 3.65. The largest absolute Gasteiger partial charge is 0.259 e. The van der Waals surface area contributed by atoms with Crippen molar-refractivity contribution in [2.75, 3.05) is 0 Å². The maximum absolute atomic E-state index is 4.07. The molecule has 0 unspecified atom stereocenters. The van der Waals surface area contributed by atoms with Gasteiger partial charge in [0, 0.05) is 10.0 Å². The third-order valence-electron chi connectivity index (χ3n) is 1.86. The molecule has 1 aromatic heterocycles. The number of nitrogens with zero attached hydrogens (tertiary/aromatic N) is 2. The maximum Gasteiger partial charge on any atom is 0.155 e. The lowest BCUT2D eigenvalue weighted by atomic mass is 10.1. The molecule has 1 heterocycles. The van der Waals surface area contributed by atoms with E-state index >= 15 is 0 Å². The Kier molecular flexibility index (Phi) is 4.49.